The Balaban J connectivity index is 1.77. The number of fused-ring (bicyclic) bond motifs is 1. The van der Waals surface area contributed by atoms with Crippen LogP contribution in [0.5, 0.6) is 0 Å². The number of nitrogens with zero attached hydrogens (tertiary/aromatic N) is 1. The van der Waals surface area contributed by atoms with Crippen LogP contribution in [0.4, 0.5) is 0 Å². The van der Waals surface area contributed by atoms with Gasteiger partial charge in [-0.15, -0.1) is 0 Å². The zero-order valence-corrected chi connectivity index (χ0v) is 9.46. The molecule has 0 aromatic carbocycles. The summed E-state index contributed by atoms with van der Waals surface area (Å²) in [5.74, 6) is 0.940. The number of rotatable bonds is 3. The van der Waals surface area contributed by atoms with Crippen molar-refractivity contribution in [3.8, 4) is 0 Å². The molecule has 0 radical (unpaired) electrons. The highest BCUT2D eigenvalue weighted by Gasteiger charge is 2.32. The maximum Gasteiger partial charge on any atom is 0.234 e. The van der Waals surface area contributed by atoms with E-state index in [1.807, 2.05) is 6.92 Å². The minimum atomic E-state index is 0.168. The molecule has 2 heterocycles. The first-order chi connectivity index (χ1) is 7.29. The van der Waals surface area contributed by atoms with E-state index in [9.17, 15) is 4.79 Å². The molecule has 0 bridgehead atoms. The Morgan fingerprint density at radius 1 is 1.53 bits per heavy atom. The molecule has 15 heavy (non-hydrogen) atoms. The molecule has 0 spiro atoms. The molecule has 2 rings (SSSR count). The van der Waals surface area contributed by atoms with Gasteiger partial charge in [-0.25, -0.2) is 0 Å². The van der Waals surface area contributed by atoms with Crippen LogP contribution in [-0.2, 0) is 4.79 Å². The van der Waals surface area contributed by atoms with Gasteiger partial charge in [0.1, 0.15) is 0 Å². The highest BCUT2D eigenvalue weighted by Crippen LogP contribution is 2.24. The fourth-order valence-electron chi connectivity index (χ4n) is 2.72. The van der Waals surface area contributed by atoms with Crippen molar-refractivity contribution in [3.05, 3.63) is 0 Å². The minimum Gasteiger partial charge on any atom is -0.355 e. The number of likely N-dealkylation sites (tertiary alicyclic amines) is 1. The van der Waals surface area contributed by atoms with Crippen molar-refractivity contribution in [1.82, 2.24) is 15.5 Å². The molecule has 4 nitrogen and oxygen atoms in total. The molecule has 0 saturated carbocycles. The maximum atomic E-state index is 11.4. The fraction of sp³-hybridized carbons (Fsp3) is 0.909. The summed E-state index contributed by atoms with van der Waals surface area (Å²) >= 11 is 0. The van der Waals surface area contributed by atoms with Crippen LogP contribution in [0.3, 0.4) is 0 Å². The van der Waals surface area contributed by atoms with Gasteiger partial charge in [0.05, 0.1) is 6.54 Å². The predicted molar refractivity (Wildman–Crippen MR) is 59.6 cm³/mol. The van der Waals surface area contributed by atoms with Gasteiger partial charge in [0.25, 0.3) is 0 Å². The number of likely N-dealkylation sites (N-methyl/N-ethyl adjacent to an activating group) is 1. The van der Waals surface area contributed by atoms with Gasteiger partial charge in [-0.05, 0) is 32.2 Å². The van der Waals surface area contributed by atoms with Crippen LogP contribution in [0.25, 0.3) is 0 Å². The second kappa shape index (κ2) is 4.94. The molecule has 2 N–H and O–H groups in total. The van der Waals surface area contributed by atoms with E-state index in [4.69, 9.17) is 0 Å². The molecule has 0 aromatic rings. The third-order valence-corrected chi connectivity index (χ3v) is 3.48. The second-order valence-electron chi connectivity index (χ2n) is 4.59. The van der Waals surface area contributed by atoms with E-state index in [0.29, 0.717) is 6.54 Å². The lowest BCUT2D eigenvalue weighted by atomic mass is 9.93. The quantitative estimate of drug-likeness (QED) is 0.680. The Labute approximate surface area is 91.4 Å². The largest absolute Gasteiger partial charge is 0.355 e. The summed E-state index contributed by atoms with van der Waals surface area (Å²) in [6.07, 6.45) is 2.47. The zero-order chi connectivity index (χ0) is 10.7. The van der Waals surface area contributed by atoms with E-state index in [-0.39, 0.29) is 5.91 Å². The van der Waals surface area contributed by atoms with Crippen LogP contribution in [-0.4, -0.2) is 49.6 Å². The Morgan fingerprint density at radius 2 is 2.40 bits per heavy atom. The van der Waals surface area contributed by atoms with Crippen molar-refractivity contribution in [1.29, 1.82) is 0 Å². The fourth-order valence-corrected chi connectivity index (χ4v) is 2.72. The molecular formula is C11H21N3O. The Kier molecular flexibility index (Phi) is 3.59. The van der Waals surface area contributed by atoms with Crippen LogP contribution in [0.1, 0.15) is 19.8 Å². The number of hydrogen-bond acceptors (Lipinski definition) is 3. The first-order valence-corrected chi connectivity index (χ1v) is 6.02. The molecule has 2 aliphatic heterocycles. The average molecular weight is 211 g/mol. The van der Waals surface area contributed by atoms with Gasteiger partial charge in [-0.3, -0.25) is 9.69 Å². The van der Waals surface area contributed by atoms with E-state index in [2.05, 4.69) is 15.5 Å². The van der Waals surface area contributed by atoms with Crippen LogP contribution < -0.4 is 10.6 Å². The summed E-state index contributed by atoms with van der Waals surface area (Å²) in [7, 11) is 0. The zero-order valence-electron chi connectivity index (χ0n) is 9.46. The van der Waals surface area contributed by atoms with Gasteiger partial charge in [0, 0.05) is 25.7 Å². The van der Waals surface area contributed by atoms with E-state index in [1.54, 1.807) is 0 Å². The molecule has 1 amide bonds. The lowest BCUT2D eigenvalue weighted by molar-refractivity contribution is -0.122. The van der Waals surface area contributed by atoms with E-state index in [0.717, 1.165) is 38.1 Å². The lowest BCUT2D eigenvalue weighted by Crippen LogP contribution is -2.47. The van der Waals surface area contributed by atoms with Crippen molar-refractivity contribution in [3.63, 3.8) is 0 Å². The van der Waals surface area contributed by atoms with Crippen molar-refractivity contribution in [2.45, 2.75) is 25.8 Å². The van der Waals surface area contributed by atoms with Crippen LogP contribution >= 0.6 is 0 Å². The number of carbonyl (C=O) groups is 1. The molecule has 0 aliphatic carbocycles. The van der Waals surface area contributed by atoms with Crippen molar-refractivity contribution < 1.29 is 4.79 Å². The summed E-state index contributed by atoms with van der Waals surface area (Å²) in [4.78, 5) is 13.7. The molecule has 4 heteroatoms. The SMILES string of the molecule is CCNC(=O)CN1CCC2NCCC2C1. The standard InChI is InChI=1S/C11H21N3O/c1-2-12-11(15)8-14-6-4-10-9(7-14)3-5-13-10/h9-10,13H,2-8H2,1H3,(H,12,15). The normalized spacial score (nSPS) is 31.3. The molecule has 2 atom stereocenters. The van der Waals surface area contributed by atoms with Crippen molar-refractivity contribution in [2.75, 3.05) is 32.7 Å². The summed E-state index contributed by atoms with van der Waals surface area (Å²) in [6.45, 7) is 6.59. The number of carbonyl (C=O) groups excluding carboxylic acids is 1. The third-order valence-electron chi connectivity index (χ3n) is 3.48. The van der Waals surface area contributed by atoms with Gasteiger partial charge in [0.2, 0.25) is 5.91 Å². The van der Waals surface area contributed by atoms with E-state index < -0.39 is 0 Å². The Morgan fingerprint density at radius 3 is 3.20 bits per heavy atom. The molecule has 2 saturated heterocycles. The van der Waals surface area contributed by atoms with E-state index in [1.165, 1.54) is 12.8 Å². The lowest BCUT2D eigenvalue weighted by Gasteiger charge is -2.34. The molecule has 2 unspecified atom stereocenters. The second-order valence-corrected chi connectivity index (χ2v) is 4.59. The van der Waals surface area contributed by atoms with Crippen LogP contribution in [0.2, 0.25) is 0 Å². The number of piperidine rings is 1. The van der Waals surface area contributed by atoms with Gasteiger partial charge >= 0.3 is 0 Å². The molecule has 2 aliphatic rings. The Bertz CT molecular complexity index is 232. The van der Waals surface area contributed by atoms with Crippen molar-refractivity contribution in [2.24, 2.45) is 5.92 Å². The van der Waals surface area contributed by atoms with Gasteiger partial charge in [-0.1, -0.05) is 0 Å². The maximum absolute atomic E-state index is 11.4. The van der Waals surface area contributed by atoms with Gasteiger partial charge in [0.15, 0.2) is 0 Å². The first kappa shape index (κ1) is 10.9. The smallest absolute Gasteiger partial charge is 0.234 e. The van der Waals surface area contributed by atoms with Crippen molar-refractivity contribution >= 4 is 5.91 Å². The average Bonchev–Trinajstić information content (AvgIpc) is 2.65. The Hall–Kier alpha value is -0.610. The summed E-state index contributed by atoms with van der Waals surface area (Å²) in [5, 5.41) is 6.39. The molecule has 2 fully saturated rings. The summed E-state index contributed by atoms with van der Waals surface area (Å²) in [6, 6.07) is 0.718. The predicted octanol–water partition coefficient (Wildman–Crippen LogP) is -0.194. The summed E-state index contributed by atoms with van der Waals surface area (Å²) < 4.78 is 0. The highest BCUT2D eigenvalue weighted by atomic mass is 16.2. The topological polar surface area (TPSA) is 44.4 Å². The third kappa shape index (κ3) is 2.69. The molecular weight excluding hydrogens is 190 g/mol. The van der Waals surface area contributed by atoms with Gasteiger partial charge < -0.3 is 10.6 Å². The number of amides is 1. The monoisotopic (exact) mass is 211 g/mol. The van der Waals surface area contributed by atoms with Crippen LogP contribution in [0, 0.1) is 5.92 Å². The first-order valence-electron chi connectivity index (χ1n) is 6.02. The van der Waals surface area contributed by atoms with Crippen LogP contribution in [0.15, 0.2) is 0 Å². The highest BCUT2D eigenvalue weighted by molar-refractivity contribution is 5.77. The van der Waals surface area contributed by atoms with E-state index >= 15 is 0 Å². The number of hydrogen-bond donors (Lipinski definition) is 2. The minimum absolute atomic E-state index is 0.168. The molecule has 0 aromatic heterocycles. The summed E-state index contributed by atoms with van der Waals surface area (Å²) in [5.41, 5.74) is 0. The molecule has 86 valence electrons. The van der Waals surface area contributed by atoms with Gasteiger partial charge in [-0.2, -0.15) is 0 Å². The number of nitrogens with one attached hydrogen (secondary N) is 2.